The number of rotatable bonds is 9. The lowest BCUT2D eigenvalue weighted by atomic mass is 9.95. The Bertz CT molecular complexity index is 118. The zero-order valence-corrected chi connectivity index (χ0v) is 10.3. The van der Waals surface area contributed by atoms with Crippen molar-refractivity contribution in [2.75, 3.05) is 0 Å². The third-order valence-electron chi connectivity index (χ3n) is 3.08. The first kappa shape index (κ1) is 14.0. The summed E-state index contributed by atoms with van der Waals surface area (Å²) in [4.78, 5) is 0. The molecule has 1 N–H and O–H groups in total. The third-order valence-corrected chi connectivity index (χ3v) is 3.08. The molecule has 0 aliphatic rings. The van der Waals surface area contributed by atoms with E-state index in [9.17, 15) is 5.11 Å². The second-order valence-electron chi connectivity index (χ2n) is 4.72. The van der Waals surface area contributed by atoms with Crippen LogP contribution in [0.2, 0.25) is 0 Å². The van der Waals surface area contributed by atoms with Crippen molar-refractivity contribution in [2.45, 2.75) is 84.2 Å². The molecule has 0 aliphatic heterocycles. The van der Waals surface area contributed by atoms with E-state index >= 15 is 0 Å². The summed E-state index contributed by atoms with van der Waals surface area (Å²) in [6.45, 7) is 6.25. The van der Waals surface area contributed by atoms with Crippen molar-refractivity contribution in [1.82, 2.24) is 0 Å². The maximum Gasteiger partial charge on any atom is 0.0617 e. The molecular weight excluding hydrogens is 172 g/mol. The number of hydrogen-bond acceptors (Lipinski definition) is 1. The van der Waals surface area contributed by atoms with Gasteiger partial charge in [0.2, 0.25) is 0 Å². The molecule has 0 aromatic heterocycles. The van der Waals surface area contributed by atoms with Crippen molar-refractivity contribution in [3.8, 4) is 0 Å². The van der Waals surface area contributed by atoms with Gasteiger partial charge in [0.05, 0.1) is 5.60 Å². The van der Waals surface area contributed by atoms with E-state index in [1.807, 2.05) is 6.92 Å². The van der Waals surface area contributed by atoms with E-state index in [2.05, 4.69) is 13.8 Å². The average molecular weight is 200 g/mol. The summed E-state index contributed by atoms with van der Waals surface area (Å²) in [6.07, 6.45) is 11.1. The van der Waals surface area contributed by atoms with Gasteiger partial charge in [-0.3, -0.25) is 0 Å². The fraction of sp³-hybridized carbons (Fsp3) is 1.00. The van der Waals surface area contributed by atoms with Gasteiger partial charge < -0.3 is 5.11 Å². The second-order valence-corrected chi connectivity index (χ2v) is 4.72. The van der Waals surface area contributed by atoms with E-state index < -0.39 is 5.60 Å². The molecule has 1 atom stereocenters. The topological polar surface area (TPSA) is 20.2 Å². The monoisotopic (exact) mass is 200 g/mol. The maximum atomic E-state index is 9.76. The highest BCUT2D eigenvalue weighted by Crippen LogP contribution is 2.18. The van der Waals surface area contributed by atoms with E-state index in [4.69, 9.17) is 0 Å². The highest BCUT2D eigenvalue weighted by molar-refractivity contribution is 4.69. The third kappa shape index (κ3) is 8.55. The summed E-state index contributed by atoms with van der Waals surface area (Å²) in [6, 6.07) is 0. The molecule has 1 nitrogen and oxygen atoms in total. The SMILES string of the molecule is CCCCCCCCCC(C)(O)CC. The summed E-state index contributed by atoms with van der Waals surface area (Å²) < 4.78 is 0. The summed E-state index contributed by atoms with van der Waals surface area (Å²) >= 11 is 0. The van der Waals surface area contributed by atoms with E-state index in [0.717, 1.165) is 12.8 Å². The standard InChI is InChI=1S/C13H28O/c1-4-6-7-8-9-10-11-12-13(3,14)5-2/h14H,4-12H2,1-3H3. The van der Waals surface area contributed by atoms with Crippen molar-refractivity contribution in [3.63, 3.8) is 0 Å². The molecule has 86 valence electrons. The van der Waals surface area contributed by atoms with Crippen molar-refractivity contribution in [2.24, 2.45) is 0 Å². The molecule has 0 heterocycles. The quantitative estimate of drug-likeness (QED) is 0.550. The number of hydrogen-bond donors (Lipinski definition) is 1. The Morgan fingerprint density at radius 3 is 1.86 bits per heavy atom. The molecule has 0 saturated heterocycles. The largest absolute Gasteiger partial charge is 0.390 e. The van der Waals surface area contributed by atoms with Crippen LogP contribution in [0.15, 0.2) is 0 Å². The fourth-order valence-corrected chi connectivity index (χ4v) is 1.64. The van der Waals surface area contributed by atoms with Gasteiger partial charge in [0.1, 0.15) is 0 Å². The molecule has 0 spiro atoms. The molecule has 1 unspecified atom stereocenters. The van der Waals surface area contributed by atoms with Gasteiger partial charge in [0.25, 0.3) is 0 Å². The van der Waals surface area contributed by atoms with Gasteiger partial charge in [-0.1, -0.05) is 58.8 Å². The van der Waals surface area contributed by atoms with E-state index in [0.29, 0.717) is 0 Å². The van der Waals surface area contributed by atoms with Crippen molar-refractivity contribution in [1.29, 1.82) is 0 Å². The molecule has 0 aromatic rings. The zero-order valence-electron chi connectivity index (χ0n) is 10.3. The molecular formula is C13H28O. The molecule has 0 fully saturated rings. The highest BCUT2D eigenvalue weighted by atomic mass is 16.3. The molecule has 0 bridgehead atoms. The van der Waals surface area contributed by atoms with Crippen LogP contribution in [0, 0.1) is 0 Å². The van der Waals surface area contributed by atoms with Gasteiger partial charge in [-0.15, -0.1) is 0 Å². The van der Waals surface area contributed by atoms with Gasteiger partial charge in [0, 0.05) is 0 Å². The first-order chi connectivity index (χ1) is 6.62. The molecule has 0 radical (unpaired) electrons. The van der Waals surface area contributed by atoms with Crippen molar-refractivity contribution >= 4 is 0 Å². The van der Waals surface area contributed by atoms with E-state index in [-0.39, 0.29) is 0 Å². The van der Waals surface area contributed by atoms with Gasteiger partial charge in [-0.05, 0) is 19.8 Å². The van der Waals surface area contributed by atoms with Gasteiger partial charge in [-0.2, -0.15) is 0 Å². The highest BCUT2D eigenvalue weighted by Gasteiger charge is 2.15. The Morgan fingerprint density at radius 1 is 0.857 bits per heavy atom. The first-order valence-electron chi connectivity index (χ1n) is 6.34. The normalized spacial score (nSPS) is 15.4. The van der Waals surface area contributed by atoms with Crippen LogP contribution in [0.25, 0.3) is 0 Å². The lowest BCUT2D eigenvalue weighted by Crippen LogP contribution is -2.22. The van der Waals surface area contributed by atoms with Gasteiger partial charge in [0.15, 0.2) is 0 Å². The van der Waals surface area contributed by atoms with Crippen LogP contribution >= 0.6 is 0 Å². The van der Waals surface area contributed by atoms with Crippen LogP contribution in [-0.4, -0.2) is 10.7 Å². The lowest BCUT2D eigenvalue weighted by molar-refractivity contribution is 0.0442. The summed E-state index contributed by atoms with van der Waals surface area (Å²) in [5.74, 6) is 0. The molecule has 0 aromatic carbocycles. The predicted molar refractivity (Wildman–Crippen MR) is 63.5 cm³/mol. The van der Waals surface area contributed by atoms with Crippen molar-refractivity contribution in [3.05, 3.63) is 0 Å². The van der Waals surface area contributed by atoms with Crippen LogP contribution < -0.4 is 0 Å². The van der Waals surface area contributed by atoms with Crippen LogP contribution in [0.4, 0.5) is 0 Å². The van der Waals surface area contributed by atoms with Crippen LogP contribution in [0.5, 0.6) is 0 Å². The van der Waals surface area contributed by atoms with Gasteiger partial charge in [-0.25, -0.2) is 0 Å². The van der Waals surface area contributed by atoms with E-state index in [1.165, 1.54) is 44.9 Å². The Hall–Kier alpha value is -0.0400. The molecule has 1 heteroatoms. The summed E-state index contributed by atoms with van der Waals surface area (Å²) in [5, 5.41) is 9.76. The molecule has 0 amide bonds. The Kier molecular flexibility index (Phi) is 8.26. The minimum Gasteiger partial charge on any atom is -0.390 e. The van der Waals surface area contributed by atoms with Gasteiger partial charge >= 0.3 is 0 Å². The zero-order chi connectivity index (χ0) is 10.9. The average Bonchev–Trinajstić information content (AvgIpc) is 2.16. The second kappa shape index (κ2) is 8.28. The number of aliphatic hydroxyl groups is 1. The first-order valence-corrected chi connectivity index (χ1v) is 6.34. The Morgan fingerprint density at radius 2 is 1.36 bits per heavy atom. The molecule has 14 heavy (non-hydrogen) atoms. The fourth-order valence-electron chi connectivity index (χ4n) is 1.64. The van der Waals surface area contributed by atoms with Crippen molar-refractivity contribution < 1.29 is 5.11 Å². The Balaban J connectivity index is 3.13. The minimum atomic E-state index is -0.413. The molecule has 0 aliphatic carbocycles. The maximum absolute atomic E-state index is 9.76. The molecule has 0 saturated carbocycles. The van der Waals surface area contributed by atoms with Crippen LogP contribution in [-0.2, 0) is 0 Å². The predicted octanol–water partition coefficient (Wildman–Crippen LogP) is 4.29. The smallest absolute Gasteiger partial charge is 0.0617 e. The molecule has 0 rings (SSSR count). The summed E-state index contributed by atoms with van der Waals surface area (Å²) in [5.41, 5.74) is -0.413. The van der Waals surface area contributed by atoms with Crippen LogP contribution in [0.1, 0.15) is 78.6 Å². The minimum absolute atomic E-state index is 0.413. The van der Waals surface area contributed by atoms with Crippen LogP contribution in [0.3, 0.4) is 0 Å². The Labute approximate surface area is 89.9 Å². The van der Waals surface area contributed by atoms with E-state index in [1.54, 1.807) is 0 Å². The summed E-state index contributed by atoms with van der Waals surface area (Å²) in [7, 11) is 0. The lowest BCUT2D eigenvalue weighted by Gasteiger charge is -2.20. The number of unbranched alkanes of at least 4 members (excludes halogenated alkanes) is 6.